The number of fused-ring (bicyclic) bond motifs is 1. The lowest BCUT2D eigenvalue weighted by Crippen LogP contribution is -2.29. The summed E-state index contributed by atoms with van der Waals surface area (Å²) in [7, 11) is -5.88. The van der Waals surface area contributed by atoms with Gasteiger partial charge in [-0.1, -0.05) is 17.7 Å². The van der Waals surface area contributed by atoms with Gasteiger partial charge in [-0.25, -0.2) is 4.90 Å². The van der Waals surface area contributed by atoms with Crippen molar-refractivity contribution in [2.24, 2.45) is 0 Å². The van der Waals surface area contributed by atoms with Crippen LogP contribution in [0.2, 0.25) is 0 Å². The largest absolute Gasteiger partial charge is 0.534 e. The molecule has 6 nitrogen and oxygen atoms in total. The van der Waals surface area contributed by atoms with E-state index in [0.29, 0.717) is 0 Å². The van der Waals surface area contributed by atoms with Crippen molar-refractivity contribution in [3.8, 4) is 5.75 Å². The van der Waals surface area contributed by atoms with Gasteiger partial charge in [0.15, 0.2) is 0 Å². The highest BCUT2D eigenvalue weighted by atomic mass is 32.2. The average molecular weight is 385 g/mol. The van der Waals surface area contributed by atoms with E-state index < -0.39 is 33.2 Å². The molecule has 0 unspecified atom stereocenters. The minimum absolute atomic E-state index is 0.0627. The summed E-state index contributed by atoms with van der Waals surface area (Å²) in [5.41, 5.74) is -4.73. The normalized spacial score (nSPS) is 14.5. The first kappa shape index (κ1) is 17.9. The molecule has 2 aromatic carbocycles. The Morgan fingerprint density at radius 3 is 2.08 bits per heavy atom. The Morgan fingerprint density at radius 1 is 0.923 bits per heavy atom. The van der Waals surface area contributed by atoms with Crippen LogP contribution < -0.4 is 9.08 Å². The highest BCUT2D eigenvalue weighted by Gasteiger charge is 2.49. The van der Waals surface area contributed by atoms with E-state index in [9.17, 15) is 31.2 Å². The van der Waals surface area contributed by atoms with E-state index >= 15 is 0 Å². The van der Waals surface area contributed by atoms with Crippen LogP contribution in [0.4, 0.5) is 18.9 Å². The lowest BCUT2D eigenvalue weighted by Gasteiger charge is -2.13. The number of hydrogen-bond donors (Lipinski definition) is 0. The summed E-state index contributed by atoms with van der Waals surface area (Å²) in [6, 6.07) is 9.18. The predicted molar refractivity (Wildman–Crippen MR) is 84.4 cm³/mol. The van der Waals surface area contributed by atoms with Crippen molar-refractivity contribution in [1.29, 1.82) is 0 Å². The van der Waals surface area contributed by atoms with Crippen LogP contribution in [0.5, 0.6) is 5.75 Å². The fraction of sp³-hybridized carbons (Fsp3) is 0.125. The molecule has 2 aromatic rings. The molecule has 0 atom stereocenters. The first-order valence-corrected chi connectivity index (χ1v) is 8.52. The van der Waals surface area contributed by atoms with Gasteiger partial charge in [0.2, 0.25) is 0 Å². The maximum absolute atomic E-state index is 12.5. The van der Waals surface area contributed by atoms with Crippen LogP contribution in [-0.2, 0) is 10.1 Å². The molecule has 0 spiro atoms. The molecule has 0 aromatic heterocycles. The second-order valence-electron chi connectivity index (χ2n) is 5.47. The number of benzene rings is 2. The van der Waals surface area contributed by atoms with Gasteiger partial charge >= 0.3 is 15.6 Å². The summed E-state index contributed by atoms with van der Waals surface area (Å²) in [6.07, 6.45) is 0. The van der Waals surface area contributed by atoms with Crippen LogP contribution in [0.1, 0.15) is 26.3 Å². The third-order valence-electron chi connectivity index (χ3n) is 3.64. The Kier molecular flexibility index (Phi) is 4.02. The Hall–Kier alpha value is -2.88. The first-order valence-electron chi connectivity index (χ1n) is 7.11. The quantitative estimate of drug-likeness (QED) is 0.461. The van der Waals surface area contributed by atoms with Crippen molar-refractivity contribution < 1.29 is 35.4 Å². The van der Waals surface area contributed by atoms with E-state index in [1.54, 1.807) is 24.3 Å². The molecule has 1 aliphatic heterocycles. The van der Waals surface area contributed by atoms with Gasteiger partial charge in [-0.3, -0.25) is 9.59 Å². The van der Waals surface area contributed by atoms with E-state index in [2.05, 4.69) is 4.18 Å². The lowest BCUT2D eigenvalue weighted by molar-refractivity contribution is -0.0500. The molecule has 2 amide bonds. The fourth-order valence-corrected chi connectivity index (χ4v) is 2.83. The van der Waals surface area contributed by atoms with E-state index in [1.807, 2.05) is 6.92 Å². The molecule has 136 valence electrons. The number of nitrogens with zero attached hydrogens (tertiary/aromatic N) is 1. The van der Waals surface area contributed by atoms with E-state index in [1.165, 1.54) is 0 Å². The van der Waals surface area contributed by atoms with E-state index in [4.69, 9.17) is 0 Å². The number of carbonyl (C=O) groups excluding carboxylic acids is 2. The van der Waals surface area contributed by atoms with Crippen LogP contribution in [0.25, 0.3) is 0 Å². The molecule has 0 bridgehead atoms. The highest BCUT2D eigenvalue weighted by Crippen LogP contribution is 2.33. The molecule has 0 saturated heterocycles. The fourth-order valence-electron chi connectivity index (χ4n) is 2.37. The van der Waals surface area contributed by atoms with Gasteiger partial charge in [-0.15, -0.1) is 0 Å². The van der Waals surface area contributed by atoms with Crippen molar-refractivity contribution in [2.75, 3.05) is 4.90 Å². The molecule has 3 rings (SSSR count). The number of aryl methyl sites for hydroxylation is 1. The Labute approximate surface area is 145 Å². The van der Waals surface area contributed by atoms with Gasteiger partial charge in [-0.05, 0) is 37.3 Å². The topological polar surface area (TPSA) is 80.8 Å². The first-order chi connectivity index (χ1) is 12.0. The third-order valence-corrected chi connectivity index (χ3v) is 4.62. The van der Waals surface area contributed by atoms with Gasteiger partial charge in [0.05, 0.1) is 16.8 Å². The Bertz CT molecular complexity index is 1010. The monoisotopic (exact) mass is 385 g/mol. The summed E-state index contributed by atoms with van der Waals surface area (Å²) < 4.78 is 63.4. The summed E-state index contributed by atoms with van der Waals surface area (Å²) >= 11 is 0. The summed E-state index contributed by atoms with van der Waals surface area (Å²) in [5, 5.41) is 0. The number of carbonyl (C=O) groups is 2. The van der Waals surface area contributed by atoms with Crippen LogP contribution in [0.3, 0.4) is 0 Å². The maximum Gasteiger partial charge on any atom is 0.534 e. The molecule has 0 radical (unpaired) electrons. The zero-order valence-corrected chi connectivity index (χ0v) is 13.9. The second kappa shape index (κ2) is 5.84. The molecular weight excluding hydrogens is 375 g/mol. The number of hydrogen-bond acceptors (Lipinski definition) is 5. The zero-order chi connectivity index (χ0) is 19.3. The van der Waals surface area contributed by atoms with Gasteiger partial charge < -0.3 is 4.18 Å². The predicted octanol–water partition coefficient (Wildman–Crippen LogP) is 3.02. The van der Waals surface area contributed by atoms with Crippen molar-refractivity contribution in [3.63, 3.8) is 0 Å². The standard InChI is InChI=1S/C16H10F3NO5S/c1-9-2-4-10(5-3-9)20-14(21)12-7-6-11(8-13(12)15(20)22)25-26(23,24)16(17,18)19/h2-8H,1H3. The number of halogens is 3. The number of alkyl halides is 3. The minimum Gasteiger partial charge on any atom is -0.376 e. The summed E-state index contributed by atoms with van der Waals surface area (Å²) in [4.78, 5) is 25.8. The van der Waals surface area contributed by atoms with Gasteiger partial charge in [0.1, 0.15) is 5.75 Å². The molecule has 1 heterocycles. The van der Waals surface area contributed by atoms with Gasteiger partial charge in [0, 0.05) is 0 Å². The number of anilines is 1. The van der Waals surface area contributed by atoms with Crippen LogP contribution >= 0.6 is 0 Å². The Balaban J connectivity index is 1.97. The maximum atomic E-state index is 12.5. The molecule has 1 aliphatic rings. The van der Waals surface area contributed by atoms with Gasteiger partial charge in [0.25, 0.3) is 11.8 Å². The zero-order valence-electron chi connectivity index (χ0n) is 13.1. The third kappa shape index (κ3) is 2.92. The van der Waals surface area contributed by atoms with Crippen molar-refractivity contribution >= 4 is 27.6 Å². The van der Waals surface area contributed by atoms with Gasteiger partial charge in [-0.2, -0.15) is 21.6 Å². The van der Waals surface area contributed by atoms with E-state index in [-0.39, 0.29) is 16.8 Å². The molecular formula is C16H10F3NO5S. The minimum atomic E-state index is -5.88. The second-order valence-corrected chi connectivity index (χ2v) is 7.01. The van der Waals surface area contributed by atoms with Crippen LogP contribution in [0, 0.1) is 6.92 Å². The molecule has 0 saturated carbocycles. The number of rotatable bonds is 3. The Morgan fingerprint density at radius 2 is 1.50 bits per heavy atom. The van der Waals surface area contributed by atoms with Crippen molar-refractivity contribution in [3.05, 3.63) is 59.2 Å². The molecule has 0 N–H and O–H groups in total. The molecule has 26 heavy (non-hydrogen) atoms. The SMILES string of the molecule is Cc1ccc(N2C(=O)c3ccc(OS(=O)(=O)C(F)(F)F)cc3C2=O)cc1. The molecule has 0 fully saturated rings. The highest BCUT2D eigenvalue weighted by molar-refractivity contribution is 7.88. The van der Waals surface area contributed by atoms with Crippen LogP contribution in [0.15, 0.2) is 42.5 Å². The lowest BCUT2D eigenvalue weighted by atomic mass is 10.1. The molecule has 0 aliphatic carbocycles. The van der Waals surface area contributed by atoms with Crippen molar-refractivity contribution in [2.45, 2.75) is 12.4 Å². The van der Waals surface area contributed by atoms with Crippen LogP contribution in [-0.4, -0.2) is 25.7 Å². The number of amides is 2. The number of imide groups is 1. The summed E-state index contributed by atoms with van der Waals surface area (Å²) in [5.74, 6) is -2.17. The summed E-state index contributed by atoms with van der Waals surface area (Å²) in [6.45, 7) is 1.82. The average Bonchev–Trinajstić information content (AvgIpc) is 2.78. The molecule has 10 heteroatoms. The van der Waals surface area contributed by atoms with E-state index in [0.717, 1.165) is 28.7 Å². The van der Waals surface area contributed by atoms with Crippen molar-refractivity contribution in [1.82, 2.24) is 0 Å². The smallest absolute Gasteiger partial charge is 0.376 e.